The average Bonchev–Trinajstić information content (AvgIpc) is 2.12. The minimum atomic E-state index is -4.29. The summed E-state index contributed by atoms with van der Waals surface area (Å²) in [5.41, 5.74) is 0. The summed E-state index contributed by atoms with van der Waals surface area (Å²) in [6.45, 7) is 0.934. The summed E-state index contributed by atoms with van der Waals surface area (Å²) in [5.74, 6) is -0.512. The second-order valence-corrected chi connectivity index (χ2v) is 3.85. The first-order chi connectivity index (χ1) is 4.58. The van der Waals surface area contributed by atoms with Crippen molar-refractivity contribution in [1.29, 1.82) is 0 Å². The van der Waals surface area contributed by atoms with E-state index in [2.05, 4.69) is 0 Å². The third-order valence-electron chi connectivity index (χ3n) is 1.46. The van der Waals surface area contributed by atoms with Gasteiger partial charge in [-0.1, -0.05) is 0 Å². The van der Waals surface area contributed by atoms with Crippen LogP contribution >= 0.6 is 0 Å². The van der Waals surface area contributed by atoms with Crippen LogP contribution in [0, 0.1) is 5.92 Å². The maximum Gasteiger partial charge on any atom is 0.302 e. The van der Waals surface area contributed by atoms with Crippen molar-refractivity contribution in [3.8, 4) is 0 Å². The molecule has 1 aliphatic rings. The van der Waals surface area contributed by atoms with Crippen LogP contribution in [0.25, 0.3) is 0 Å². The monoisotopic (exact) mass is 168 g/mol. The summed E-state index contributed by atoms with van der Waals surface area (Å²) >= 11 is 0. The van der Waals surface area contributed by atoms with E-state index in [9.17, 15) is 12.3 Å². The van der Waals surface area contributed by atoms with E-state index in [0.717, 1.165) is 0 Å². The summed E-state index contributed by atoms with van der Waals surface area (Å²) in [6.07, 6.45) is 0.656. The lowest BCUT2D eigenvalue weighted by molar-refractivity contribution is 0.188. The molecule has 0 aliphatic carbocycles. The van der Waals surface area contributed by atoms with Crippen molar-refractivity contribution in [1.82, 2.24) is 0 Å². The number of ether oxygens (including phenoxy) is 1. The maximum absolute atomic E-state index is 12.0. The van der Waals surface area contributed by atoms with Crippen LogP contribution in [0.15, 0.2) is 0 Å². The quantitative estimate of drug-likeness (QED) is 0.558. The van der Waals surface area contributed by atoms with Crippen LogP contribution in [-0.2, 0) is 15.0 Å². The molecule has 5 heteroatoms. The first kappa shape index (κ1) is 7.94. The highest BCUT2D eigenvalue weighted by atomic mass is 32.3. The molecule has 1 heterocycles. The standard InChI is InChI=1S/C5H9FO3S/c6-10(7,8)4-5-1-2-9-3-5/h5H,1-4H2/t5-/m0/s1. The first-order valence-corrected chi connectivity index (χ1v) is 4.63. The number of hydrogen-bond donors (Lipinski definition) is 0. The van der Waals surface area contributed by atoms with Gasteiger partial charge in [-0.2, -0.15) is 8.42 Å². The number of halogens is 1. The topological polar surface area (TPSA) is 43.4 Å². The fourth-order valence-corrected chi connectivity index (χ4v) is 1.82. The normalized spacial score (nSPS) is 27.1. The molecule has 0 spiro atoms. The van der Waals surface area contributed by atoms with Gasteiger partial charge < -0.3 is 4.74 Å². The number of hydrogen-bond acceptors (Lipinski definition) is 3. The lowest BCUT2D eigenvalue weighted by Gasteiger charge is -2.00. The van der Waals surface area contributed by atoms with Crippen LogP contribution in [0.1, 0.15) is 6.42 Å². The number of rotatable bonds is 2. The van der Waals surface area contributed by atoms with Gasteiger partial charge in [-0.25, -0.2) is 0 Å². The van der Waals surface area contributed by atoms with Gasteiger partial charge in [0.1, 0.15) is 0 Å². The van der Waals surface area contributed by atoms with Crippen molar-refractivity contribution in [3.63, 3.8) is 0 Å². The molecule has 0 aromatic rings. The van der Waals surface area contributed by atoms with Crippen molar-refractivity contribution >= 4 is 10.2 Å². The fourth-order valence-electron chi connectivity index (χ4n) is 0.996. The Morgan fingerprint density at radius 2 is 2.30 bits per heavy atom. The molecule has 0 aromatic heterocycles. The first-order valence-electron chi connectivity index (χ1n) is 3.08. The highest BCUT2D eigenvalue weighted by molar-refractivity contribution is 7.86. The smallest absolute Gasteiger partial charge is 0.302 e. The molecular weight excluding hydrogens is 159 g/mol. The summed E-state index contributed by atoms with van der Waals surface area (Å²) in [6, 6.07) is 0. The molecule has 0 bridgehead atoms. The van der Waals surface area contributed by atoms with Gasteiger partial charge >= 0.3 is 10.2 Å². The fraction of sp³-hybridized carbons (Fsp3) is 1.00. The van der Waals surface area contributed by atoms with Crippen LogP contribution in [0.4, 0.5) is 3.89 Å². The molecule has 10 heavy (non-hydrogen) atoms. The molecule has 0 N–H and O–H groups in total. The van der Waals surface area contributed by atoms with Crippen molar-refractivity contribution < 1.29 is 17.0 Å². The molecule has 3 nitrogen and oxygen atoms in total. The molecule has 1 aliphatic heterocycles. The largest absolute Gasteiger partial charge is 0.381 e. The molecule has 1 atom stereocenters. The van der Waals surface area contributed by atoms with Gasteiger partial charge in [-0.15, -0.1) is 3.89 Å². The predicted molar refractivity (Wildman–Crippen MR) is 33.8 cm³/mol. The zero-order valence-electron chi connectivity index (χ0n) is 5.42. The van der Waals surface area contributed by atoms with Crippen molar-refractivity contribution in [2.24, 2.45) is 5.92 Å². The molecule has 1 fully saturated rings. The third-order valence-corrected chi connectivity index (χ3v) is 2.33. The minimum Gasteiger partial charge on any atom is -0.381 e. The molecule has 0 saturated carbocycles. The Bertz CT molecular complexity index is 193. The van der Waals surface area contributed by atoms with E-state index in [1.54, 1.807) is 0 Å². The highest BCUT2D eigenvalue weighted by Crippen LogP contribution is 2.14. The van der Waals surface area contributed by atoms with E-state index >= 15 is 0 Å². The van der Waals surface area contributed by atoms with Crippen molar-refractivity contribution in [2.75, 3.05) is 19.0 Å². The molecule has 0 radical (unpaired) electrons. The molecular formula is C5H9FO3S. The zero-order valence-corrected chi connectivity index (χ0v) is 6.23. The lowest BCUT2D eigenvalue weighted by atomic mass is 10.2. The van der Waals surface area contributed by atoms with Gasteiger partial charge in [0.25, 0.3) is 0 Å². The Morgan fingerprint density at radius 3 is 2.70 bits per heavy atom. The summed E-state index contributed by atoms with van der Waals surface area (Å²) in [5, 5.41) is 0. The Kier molecular flexibility index (Phi) is 2.25. The zero-order chi connectivity index (χ0) is 7.61. The predicted octanol–water partition coefficient (Wildman–Crippen LogP) is 0.322. The van der Waals surface area contributed by atoms with Crippen LogP contribution < -0.4 is 0 Å². The molecule has 0 amide bonds. The van der Waals surface area contributed by atoms with E-state index in [-0.39, 0.29) is 11.7 Å². The highest BCUT2D eigenvalue weighted by Gasteiger charge is 2.22. The second kappa shape index (κ2) is 2.84. The Hall–Kier alpha value is -0.160. The van der Waals surface area contributed by atoms with Gasteiger partial charge in [0, 0.05) is 12.5 Å². The van der Waals surface area contributed by atoms with E-state index in [4.69, 9.17) is 4.74 Å². The van der Waals surface area contributed by atoms with Crippen molar-refractivity contribution in [3.05, 3.63) is 0 Å². The van der Waals surface area contributed by atoms with E-state index < -0.39 is 10.2 Å². The van der Waals surface area contributed by atoms with Gasteiger partial charge in [-0.3, -0.25) is 0 Å². The van der Waals surface area contributed by atoms with Crippen LogP contribution in [0.3, 0.4) is 0 Å². The summed E-state index contributed by atoms with van der Waals surface area (Å²) in [7, 11) is -4.29. The Morgan fingerprint density at radius 1 is 1.60 bits per heavy atom. The van der Waals surface area contributed by atoms with E-state index in [1.165, 1.54) is 0 Å². The second-order valence-electron chi connectivity index (χ2n) is 2.44. The van der Waals surface area contributed by atoms with Crippen molar-refractivity contribution in [2.45, 2.75) is 6.42 Å². The van der Waals surface area contributed by atoms with E-state index in [1.807, 2.05) is 0 Å². The third kappa shape index (κ3) is 2.62. The minimum absolute atomic E-state index is 0.130. The van der Waals surface area contributed by atoms with Gasteiger partial charge in [0.15, 0.2) is 0 Å². The van der Waals surface area contributed by atoms with Gasteiger partial charge in [0.2, 0.25) is 0 Å². The Balaban J connectivity index is 2.38. The SMILES string of the molecule is O=S(=O)(F)C[C@H]1CCOC1. The molecule has 0 aromatic carbocycles. The van der Waals surface area contributed by atoms with Crippen LogP contribution in [0.2, 0.25) is 0 Å². The summed E-state index contributed by atoms with van der Waals surface area (Å²) < 4.78 is 37.0. The summed E-state index contributed by atoms with van der Waals surface area (Å²) in [4.78, 5) is 0. The molecule has 0 unspecified atom stereocenters. The maximum atomic E-state index is 12.0. The Labute approximate surface area is 59.4 Å². The molecule has 60 valence electrons. The van der Waals surface area contributed by atoms with E-state index in [0.29, 0.717) is 19.6 Å². The average molecular weight is 168 g/mol. The van der Waals surface area contributed by atoms with Crippen LogP contribution in [0.5, 0.6) is 0 Å². The van der Waals surface area contributed by atoms with Crippen LogP contribution in [-0.4, -0.2) is 27.4 Å². The molecule has 1 saturated heterocycles. The van der Waals surface area contributed by atoms with Gasteiger partial charge in [0.05, 0.1) is 12.4 Å². The van der Waals surface area contributed by atoms with Gasteiger partial charge in [-0.05, 0) is 6.42 Å². The molecule has 1 rings (SSSR count). The lowest BCUT2D eigenvalue weighted by Crippen LogP contribution is -2.11.